The molecule has 1 spiro atoms. The normalized spacial score (nSPS) is 24.9. The first-order valence-corrected chi connectivity index (χ1v) is 9.36. The van der Waals surface area contributed by atoms with Crippen molar-refractivity contribution < 1.29 is 22.7 Å². The highest BCUT2D eigenvalue weighted by atomic mass is 19.4. The SMILES string of the molecule is Nc1ccc(C(=O)N2CCC3(CC2)COC3)c(N2CCC(C(F)(F)F)C2)c1. The molecule has 1 atom stereocenters. The number of nitrogen functional groups attached to an aromatic ring is 1. The van der Waals surface area contributed by atoms with Crippen LogP contribution in [-0.2, 0) is 4.74 Å². The molecule has 3 heterocycles. The smallest absolute Gasteiger partial charge is 0.393 e. The number of amides is 1. The summed E-state index contributed by atoms with van der Waals surface area (Å²) >= 11 is 0. The molecule has 1 aromatic carbocycles. The fraction of sp³-hybridized carbons (Fsp3) is 0.632. The number of anilines is 2. The highest BCUT2D eigenvalue weighted by molar-refractivity contribution is 6.00. The van der Waals surface area contributed by atoms with Gasteiger partial charge < -0.3 is 20.3 Å². The van der Waals surface area contributed by atoms with Crippen LogP contribution < -0.4 is 10.6 Å². The highest BCUT2D eigenvalue weighted by Crippen LogP contribution is 2.40. The van der Waals surface area contributed by atoms with Gasteiger partial charge in [0.05, 0.1) is 30.4 Å². The predicted molar refractivity (Wildman–Crippen MR) is 95.6 cm³/mol. The molecule has 3 aliphatic heterocycles. The van der Waals surface area contributed by atoms with Gasteiger partial charge in [-0.3, -0.25) is 4.79 Å². The van der Waals surface area contributed by atoms with E-state index in [2.05, 4.69) is 0 Å². The first kappa shape index (κ1) is 18.4. The van der Waals surface area contributed by atoms with Crippen LogP contribution in [0.5, 0.6) is 0 Å². The second kappa shape index (κ2) is 6.58. The molecule has 3 saturated heterocycles. The number of hydrogen-bond donors (Lipinski definition) is 1. The number of halogens is 3. The molecule has 0 aromatic heterocycles. The Morgan fingerprint density at radius 2 is 1.89 bits per heavy atom. The van der Waals surface area contributed by atoms with Crippen molar-refractivity contribution in [1.29, 1.82) is 0 Å². The van der Waals surface area contributed by atoms with Crippen LogP contribution in [0.1, 0.15) is 29.6 Å². The van der Waals surface area contributed by atoms with Crippen LogP contribution >= 0.6 is 0 Å². The third kappa shape index (κ3) is 3.47. The predicted octanol–water partition coefficient (Wildman–Crippen LogP) is 2.91. The molecule has 0 radical (unpaired) electrons. The Bertz CT molecular complexity index is 723. The summed E-state index contributed by atoms with van der Waals surface area (Å²) in [5, 5.41) is 0. The third-order valence-electron chi connectivity index (χ3n) is 6.17. The van der Waals surface area contributed by atoms with Gasteiger partial charge in [-0.15, -0.1) is 0 Å². The van der Waals surface area contributed by atoms with Crippen molar-refractivity contribution in [2.45, 2.75) is 25.4 Å². The van der Waals surface area contributed by atoms with E-state index in [-0.39, 0.29) is 30.8 Å². The average molecular weight is 383 g/mol. The quantitative estimate of drug-likeness (QED) is 0.798. The molecule has 2 N–H and O–H groups in total. The topological polar surface area (TPSA) is 58.8 Å². The monoisotopic (exact) mass is 383 g/mol. The van der Waals surface area contributed by atoms with Gasteiger partial charge in [-0.2, -0.15) is 13.2 Å². The van der Waals surface area contributed by atoms with Crippen molar-refractivity contribution in [2.24, 2.45) is 11.3 Å². The molecule has 1 unspecified atom stereocenters. The van der Waals surface area contributed by atoms with Gasteiger partial charge in [0.1, 0.15) is 0 Å². The van der Waals surface area contributed by atoms with Gasteiger partial charge in [-0.05, 0) is 37.5 Å². The number of piperidine rings is 1. The summed E-state index contributed by atoms with van der Waals surface area (Å²) in [5.41, 5.74) is 7.48. The van der Waals surface area contributed by atoms with Gasteiger partial charge in [0, 0.05) is 37.3 Å². The van der Waals surface area contributed by atoms with E-state index in [1.54, 1.807) is 28.0 Å². The van der Waals surface area contributed by atoms with E-state index in [9.17, 15) is 18.0 Å². The van der Waals surface area contributed by atoms with E-state index in [4.69, 9.17) is 10.5 Å². The minimum absolute atomic E-state index is 0.0398. The first-order valence-electron chi connectivity index (χ1n) is 9.36. The van der Waals surface area contributed by atoms with Crippen LogP contribution in [0.4, 0.5) is 24.5 Å². The standard InChI is InChI=1S/C19H24F3N3O2/c20-19(21,22)13-3-6-25(10-13)16-9-14(23)1-2-15(16)17(26)24-7-4-18(5-8-24)11-27-12-18/h1-2,9,13H,3-8,10-12,23H2. The van der Waals surface area contributed by atoms with E-state index in [0.29, 0.717) is 30.0 Å². The van der Waals surface area contributed by atoms with Crippen molar-refractivity contribution >= 4 is 17.3 Å². The number of carbonyl (C=O) groups is 1. The zero-order valence-corrected chi connectivity index (χ0v) is 15.1. The molecule has 3 aliphatic rings. The molecule has 8 heteroatoms. The number of ether oxygens (including phenoxy) is 1. The number of rotatable bonds is 2. The summed E-state index contributed by atoms with van der Waals surface area (Å²) in [4.78, 5) is 16.5. The lowest BCUT2D eigenvalue weighted by atomic mass is 9.77. The summed E-state index contributed by atoms with van der Waals surface area (Å²) < 4.78 is 44.5. The Morgan fingerprint density at radius 3 is 2.44 bits per heavy atom. The van der Waals surface area contributed by atoms with Gasteiger partial charge in [-0.25, -0.2) is 0 Å². The van der Waals surface area contributed by atoms with Crippen molar-refractivity contribution in [3.05, 3.63) is 23.8 Å². The fourth-order valence-electron chi connectivity index (χ4n) is 4.27. The first-order chi connectivity index (χ1) is 12.8. The number of nitrogens with two attached hydrogens (primary N) is 1. The molecule has 5 nitrogen and oxygen atoms in total. The fourth-order valence-corrected chi connectivity index (χ4v) is 4.27. The van der Waals surface area contributed by atoms with Crippen molar-refractivity contribution in [3.63, 3.8) is 0 Å². The zero-order valence-electron chi connectivity index (χ0n) is 15.1. The Balaban J connectivity index is 1.52. The van der Waals surface area contributed by atoms with Gasteiger partial charge in [0.15, 0.2) is 0 Å². The molecule has 0 bridgehead atoms. The van der Waals surface area contributed by atoms with Crippen LogP contribution in [0.15, 0.2) is 18.2 Å². The molecule has 148 valence electrons. The maximum Gasteiger partial charge on any atom is 0.393 e. The van der Waals surface area contributed by atoms with Crippen molar-refractivity contribution in [1.82, 2.24) is 4.90 Å². The lowest BCUT2D eigenvalue weighted by molar-refractivity contribution is -0.168. The van der Waals surface area contributed by atoms with Gasteiger partial charge in [0.25, 0.3) is 5.91 Å². The lowest BCUT2D eigenvalue weighted by Gasteiger charge is -2.47. The number of carbonyl (C=O) groups excluding carboxylic acids is 1. The Labute approximate surface area is 156 Å². The number of likely N-dealkylation sites (tertiary alicyclic amines) is 1. The summed E-state index contributed by atoms with van der Waals surface area (Å²) in [6, 6.07) is 4.90. The van der Waals surface area contributed by atoms with Gasteiger partial charge in [0.2, 0.25) is 0 Å². The molecular weight excluding hydrogens is 359 g/mol. The maximum atomic E-state index is 13.1. The molecule has 0 aliphatic carbocycles. The number of hydrogen-bond acceptors (Lipinski definition) is 4. The average Bonchev–Trinajstić information content (AvgIpc) is 3.10. The highest BCUT2D eigenvalue weighted by Gasteiger charge is 2.45. The van der Waals surface area contributed by atoms with Crippen LogP contribution in [0.25, 0.3) is 0 Å². The van der Waals surface area contributed by atoms with Crippen molar-refractivity contribution in [2.75, 3.05) is 50.0 Å². The van der Waals surface area contributed by atoms with Gasteiger partial charge >= 0.3 is 6.18 Å². The summed E-state index contributed by atoms with van der Waals surface area (Å²) in [6.45, 7) is 2.96. The van der Waals surface area contributed by atoms with E-state index in [1.807, 2.05) is 0 Å². The van der Waals surface area contributed by atoms with Crippen molar-refractivity contribution in [3.8, 4) is 0 Å². The molecule has 4 rings (SSSR count). The second-order valence-corrected chi connectivity index (χ2v) is 8.03. The van der Waals surface area contributed by atoms with E-state index < -0.39 is 12.1 Å². The Morgan fingerprint density at radius 1 is 1.19 bits per heavy atom. The van der Waals surface area contributed by atoms with E-state index >= 15 is 0 Å². The number of nitrogens with zero attached hydrogens (tertiary/aromatic N) is 2. The van der Waals surface area contributed by atoms with Crippen LogP contribution in [0, 0.1) is 11.3 Å². The summed E-state index contributed by atoms with van der Waals surface area (Å²) in [6.07, 6.45) is -2.37. The minimum Gasteiger partial charge on any atom is -0.399 e. The summed E-state index contributed by atoms with van der Waals surface area (Å²) in [7, 11) is 0. The Hall–Kier alpha value is -1.96. The van der Waals surface area contributed by atoms with Crippen LogP contribution in [0.2, 0.25) is 0 Å². The van der Waals surface area contributed by atoms with Crippen LogP contribution in [0.3, 0.4) is 0 Å². The van der Waals surface area contributed by atoms with Crippen LogP contribution in [-0.4, -0.2) is 56.4 Å². The molecule has 27 heavy (non-hydrogen) atoms. The lowest BCUT2D eigenvalue weighted by Crippen LogP contribution is -2.52. The number of benzene rings is 1. The molecular formula is C19H24F3N3O2. The van der Waals surface area contributed by atoms with E-state index in [0.717, 1.165) is 26.1 Å². The largest absolute Gasteiger partial charge is 0.399 e. The summed E-state index contributed by atoms with van der Waals surface area (Å²) in [5.74, 6) is -1.49. The maximum absolute atomic E-state index is 13.1. The zero-order chi connectivity index (χ0) is 19.2. The Kier molecular flexibility index (Phi) is 4.49. The molecule has 1 aromatic rings. The molecule has 1 amide bonds. The molecule has 0 saturated carbocycles. The molecule has 3 fully saturated rings. The second-order valence-electron chi connectivity index (χ2n) is 8.03. The number of alkyl halides is 3. The minimum atomic E-state index is -4.22. The van der Waals surface area contributed by atoms with Gasteiger partial charge in [-0.1, -0.05) is 0 Å². The van der Waals surface area contributed by atoms with E-state index in [1.165, 1.54) is 0 Å². The third-order valence-corrected chi connectivity index (χ3v) is 6.17.